The molecule has 2 saturated carbocycles. The van der Waals surface area contributed by atoms with Gasteiger partial charge in [-0.25, -0.2) is 0 Å². The highest BCUT2D eigenvalue weighted by Gasteiger charge is 2.43. The van der Waals surface area contributed by atoms with Crippen molar-refractivity contribution >= 4 is 11.8 Å². The minimum absolute atomic E-state index is 0.00549. The molecule has 0 aromatic rings. The first kappa shape index (κ1) is 14.8. The lowest BCUT2D eigenvalue weighted by Gasteiger charge is -2.34. The molecule has 3 aliphatic rings. The van der Waals surface area contributed by atoms with Crippen molar-refractivity contribution in [1.82, 2.24) is 9.80 Å². The fraction of sp³-hybridized carbons (Fsp3) is 0.875. The number of hydrogen-bond donors (Lipinski definition) is 1. The van der Waals surface area contributed by atoms with Gasteiger partial charge in [0.2, 0.25) is 11.8 Å². The second-order valence-electron chi connectivity index (χ2n) is 6.66. The van der Waals surface area contributed by atoms with Gasteiger partial charge in [-0.1, -0.05) is 12.8 Å². The van der Waals surface area contributed by atoms with Crippen molar-refractivity contribution in [3.05, 3.63) is 0 Å². The second kappa shape index (κ2) is 6.34. The number of aliphatic hydroxyl groups excluding tert-OH is 1. The lowest BCUT2D eigenvalue weighted by atomic mass is 10.1. The number of amides is 2. The Bertz CT molecular complexity index is 402. The summed E-state index contributed by atoms with van der Waals surface area (Å²) in [6, 6.07) is -0.00613. The van der Waals surface area contributed by atoms with E-state index in [0.29, 0.717) is 6.54 Å². The van der Waals surface area contributed by atoms with E-state index in [-0.39, 0.29) is 36.4 Å². The molecule has 3 rings (SSSR count). The summed E-state index contributed by atoms with van der Waals surface area (Å²) in [5.41, 5.74) is 0. The van der Waals surface area contributed by atoms with Gasteiger partial charge in [-0.3, -0.25) is 9.59 Å². The van der Waals surface area contributed by atoms with E-state index in [1.165, 1.54) is 0 Å². The lowest BCUT2D eigenvalue weighted by Crippen LogP contribution is -2.51. The first-order chi connectivity index (χ1) is 10.2. The zero-order chi connectivity index (χ0) is 14.8. The van der Waals surface area contributed by atoms with Crippen LogP contribution in [-0.4, -0.2) is 58.5 Å². The van der Waals surface area contributed by atoms with Crippen LogP contribution in [0.25, 0.3) is 0 Å². The quantitative estimate of drug-likeness (QED) is 0.827. The van der Waals surface area contributed by atoms with Crippen molar-refractivity contribution in [2.24, 2.45) is 5.92 Å². The van der Waals surface area contributed by atoms with Crippen molar-refractivity contribution in [3.63, 3.8) is 0 Å². The van der Waals surface area contributed by atoms with Crippen LogP contribution < -0.4 is 0 Å². The van der Waals surface area contributed by atoms with Gasteiger partial charge >= 0.3 is 0 Å². The Labute approximate surface area is 126 Å². The van der Waals surface area contributed by atoms with Gasteiger partial charge in [0.25, 0.3) is 0 Å². The van der Waals surface area contributed by atoms with E-state index in [4.69, 9.17) is 0 Å². The Morgan fingerprint density at radius 3 is 2.38 bits per heavy atom. The summed E-state index contributed by atoms with van der Waals surface area (Å²) in [5.74, 6) is 0.430. The summed E-state index contributed by atoms with van der Waals surface area (Å²) in [5, 5.41) is 9.29. The van der Waals surface area contributed by atoms with Crippen molar-refractivity contribution < 1.29 is 14.7 Å². The summed E-state index contributed by atoms with van der Waals surface area (Å²) in [7, 11) is 0. The Balaban J connectivity index is 1.69. The highest BCUT2D eigenvalue weighted by molar-refractivity contribution is 5.90. The minimum atomic E-state index is -0.273. The van der Waals surface area contributed by atoms with Gasteiger partial charge in [-0.15, -0.1) is 0 Å². The third kappa shape index (κ3) is 3.07. The normalized spacial score (nSPS) is 26.3. The van der Waals surface area contributed by atoms with E-state index in [1.54, 1.807) is 0 Å². The zero-order valence-electron chi connectivity index (χ0n) is 12.7. The molecule has 0 spiro atoms. The first-order valence-electron chi connectivity index (χ1n) is 8.44. The maximum absolute atomic E-state index is 12.9. The average Bonchev–Trinajstić information content (AvgIpc) is 3.01. The molecule has 1 unspecified atom stereocenters. The average molecular weight is 294 g/mol. The van der Waals surface area contributed by atoms with Crippen LogP contribution in [0.15, 0.2) is 0 Å². The molecule has 2 aliphatic carbocycles. The topological polar surface area (TPSA) is 60.9 Å². The predicted octanol–water partition coefficient (Wildman–Crippen LogP) is 1.15. The first-order valence-corrected chi connectivity index (χ1v) is 8.44. The van der Waals surface area contributed by atoms with E-state index < -0.39 is 0 Å². The molecule has 0 aromatic carbocycles. The highest BCUT2D eigenvalue weighted by Crippen LogP contribution is 2.34. The maximum Gasteiger partial charge on any atom is 0.245 e. The predicted molar refractivity (Wildman–Crippen MR) is 78.5 cm³/mol. The number of aliphatic hydroxyl groups is 1. The molecular formula is C16H26N2O3. The molecule has 118 valence electrons. The van der Waals surface area contributed by atoms with Gasteiger partial charge in [0.05, 0.1) is 6.61 Å². The van der Waals surface area contributed by atoms with Crippen molar-refractivity contribution in [2.75, 3.05) is 19.7 Å². The van der Waals surface area contributed by atoms with Crippen molar-refractivity contribution in [1.29, 1.82) is 0 Å². The molecule has 0 radical (unpaired) electrons. The standard InChI is InChI=1S/C16H26N2O3/c19-11-10-17(13-4-1-2-5-13)16(21)14-6-3-9-18(14)15(20)12-7-8-12/h12-14,19H,1-11H2. The van der Waals surface area contributed by atoms with Gasteiger partial charge < -0.3 is 14.9 Å². The second-order valence-corrected chi connectivity index (χ2v) is 6.66. The number of likely N-dealkylation sites (tertiary alicyclic amines) is 1. The molecule has 0 bridgehead atoms. The van der Waals surface area contributed by atoms with Crippen molar-refractivity contribution in [3.8, 4) is 0 Å². The Morgan fingerprint density at radius 1 is 1.05 bits per heavy atom. The maximum atomic E-state index is 12.9. The number of nitrogens with zero attached hydrogens (tertiary/aromatic N) is 2. The molecule has 5 heteroatoms. The van der Waals surface area contributed by atoms with Crippen LogP contribution in [0.5, 0.6) is 0 Å². The number of carbonyl (C=O) groups is 2. The van der Waals surface area contributed by atoms with Gasteiger partial charge in [0, 0.05) is 25.0 Å². The van der Waals surface area contributed by atoms with Crippen LogP contribution in [0.4, 0.5) is 0 Å². The van der Waals surface area contributed by atoms with Crippen LogP contribution in [-0.2, 0) is 9.59 Å². The Hall–Kier alpha value is -1.10. The molecule has 3 fully saturated rings. The third-order valence-electron chi connectivity index (χ3n) is 5.14. The molecule has 21 heavy (non-hydrogen) atoms. The summed E-state index contributed by atoms with van der Waals surface area (Å²) in [6.45, 7) is 1.14. The Kier molecular flexibility index (Phi) is 4.48. The van der Waals surface area contributed by atoms with Crippen LogP contribution in [0.2, 0.25) is 0 Å². The van der Waals surface area contributed by atoms with E-state index in [1.807, 2.05) is 9.80 Å². The third-order valence-corrected chi connectivity index (χ3v) is 5.14. The number of carbonyl (C=O) groups excluding carboxylic acids is 2. The molecule has 1 aliphatic heterocycles. The molecule has 1 heterocycles. The van der Waals surface area contributed by atoms with Crippen LogP contribution in [0, 0.1) is 5.92 Å². The van der Waals surface area contributed by atoms with Crippen LogP contribution >= 0.6 is 0 Å². The van der Waals surface area contributed by atoms with Gasteiger partial charge in [0.15, 0.2) is 0 Å². The largest absolute Gasteiger partial charge is 0.395 e. The molecule has 2 amide bonds. The highest BCUT2D eigenvalue weighted by atomic mass is 16.3. The number of rotatable bonds is 5. The summed E-state index contributed by atoms with van der Waals surface area (Å²) >= 11 is 0. The van der Waals surface area contributed by atoms with Crippen molar-refractivity contribution in [2.45, 2.75) is 63.5 Å². The van der Waals surface area contributed by atoms with Gasteiger partial charge in [-0.05, 0) is 38.5 Å². The zero-order valence-corrected chi connectivity index (χ0v) is 12.7. The fourth-order valence-corrected chi connectivity index (χ4v) is 3.84. The summed E-state index contributed by atoms with van der Waals surface area (Å²) in [6.07, 6.45) is 8.07. The minimum Gasteiger partial charge on any atom is -0.395 e. The SMILES string of the molecule is O=C(C1CCCN1C(=O)C1CC1)N(CCO)C1CCCC1. The molecule has 1 saturated heterocycles. The molecular weight excluding hydrogens is 268 g/mol. The van der Waals surface area contributed by atoms with E-state index >= 15 is 0 Å². The molecule has 1 N–H and O–H groups in total. The van der Waals surface area contributed by atoms with E-state index in [9.17, 15) is 14.7 Å². The summed E-state index contributed by atoms with van der Waals surface area (Å²) < 4.78 is 0. The lowest BCUT2D eigenvalue weighted by molar-refractivity contribution is -0.146. The van der Waals surface area contributed by atoms with Gasteiger partial charge in [-0.2, -0.15) is 0 Å². The van der Waals surface area contributed by atoms with E-state index in [0.717, 1.165) is 57.9 Å². The van der Waals surface area contributed by atoms with Crippen LogP contribution in [0.3, 0.4) is 0 Å². The van der Waals surface area contributed by atoms with Gasteiger partial charge in [0.1, 0.15) is 6.04 Å². The van der Waals surface area contributed by atoms with E-state index in [2.05, 4.69) is 0 Å². The monoisotopic (exact) mass is 294 g/mol. The molecule has 0 aromatic heterocycles. The Morgan fingerprint density at radius 2 is 1.76 bits per heavy atom. The fourth-order valence-electron chi connectivity index (χ4n) is 3.84. The molecule has 5 nitrogen and oxygen atoms in total. The van der Waals surface area contributed by atoms with Crippen LogP contribution in [0.1, 0.15) is 51.4 Å². The number of hydrogen-bond acceptors (Lipinski definition) is 3. The smallest absolute Gasteiger partial charge is 0.245 e. The molecule has 1 atom stereocenters. The summed E-state index contributed by atoms with van der Waals surface area (Å²) in [4.78, 5) is 28.9.